The van der Waals surface area contributed by atoms with Gasteiger partial charge in [-0.05, 0) is 72.6 Å². The van der Waals surface area contributed by atoms with Crippen molar-refractivity contribution >= 4 is 27.7 Å². The van der Waals surface area contributed by atoms with Crippen LogP contribution in [-0.4, -0.2) is 10.5 Å². The van der Waals surface area contributed by atoms with Gasteiger partial charge in [0.15, 0.2) is 0 Å². The van der Waals surface area contributed by atoms with E-state index in [0.717, 1.165) is 20.0 Å². The van der Waals surface area contributed by atoms with E-state index in [0.29, 0.717) is 6.54 Å². The SMILES string of the molecule is CC(C)(C)NCc1cc(F)ccc1Sc1ncccc1Br. The summed E-state index contributed by atoms with van der Waals surface area (Å²) in [5.41, 5.74) is 0.923. The van der Waals surface area contributed by atoms with Crippen LogP contribution in [0.15, 0.2) is 50.9 Å². The first-order valence-electron chi connectivity index (χ1n) is 6.67. The van der Waals surface area contributed by atoms with Gasteiger partial charge in [0.05, 0.1) is 4.47 Å². The zero-order valence-corrected chi connectivity index (χ0v) is 14.7. The lowest BCUT2D eigenvalue weighted by atomic mass is 10.1. The molecule has 0 aliphatic heterocycles. The standard InChI is InChI=1S/C16H18BrFN2S/c1-16(2,3)20-10-11-9-12(18)6-7-14(11)21-15-13(17)5-4-8-19-15/h4-9,20H,10H2,1-3H3. The number of hydrogen-bond donors (Lipinski definition) is 1. The van der Waals surface area contributed by atoms with E-state index >= 15 is 0 Å². The largest absolute Gasteiger partial charge is 0.308 e. The Hall–Kier alpha value is -0.910. The number of nitrogens with one attached hydrogen (secondary N) is 1. The lowest BCUT2D eigenvalue weighted by Crippen LogP contribution is -2.35. The molecule has 2 rings (SSSR count). The first kappa shape index (κ1) is 16.5. The van der Waals surface area contributed by atoms with Crippen molar-refractivity contribution in [2.24, 2.45) is 0 Å². The average molecular weight is 369 g/mol. The van der Waals surface area contributed by atoms with Crippen LogP contribution in [0, 0.1) is 5.82 Å². The number of pyridine rings is 1. The molecule has 0 aliphatic rings. The van der Waals surface area contributed by atoms with E-state index < -0.39 is 0 Å². The van der Waals surface area contributed by atoms with Crippen molar-refractivity contribution in [3.05, 3.63) is 52.4 Å². The summed E-state index contributed by atoms with van der Waals surface area (Å²) in [5, 5.41) is 4.27. The third-order valence-corrected chi connectivity index (χ3v) is 4.80. The molecule has 0 saturated carbocycles. The smallest absolute Gasteiger partial charge is 0.123 e. The van der Waals surface area contributed by atoms with E-state index in [1.807, 2.05) is 12.1 Å². The molecular formula is C16H18BrFN2S. The van der Waals surface area contributed by atoms with Crippen molar-refractivity contribution in [1.29, 1.82) is 0 Å². The fourth-order valence-corrected chi connectivity index (χ4v) is 3.08. The quantitative estimate of drug-likeness (QED) is 0.819. The molecule has 0 fully saturated rings. The van der Waals surface area contributed by atoms with E-state index in [1.165, 1.54) is 17.8 Å². The van der Waals surface area contributed by atoms with E-state index in [2.05, 4.69) is 47.0 Å². The Morgan fingerprint density at radius 3 is 2.71 bits per heavy atom. The van der Waals surface area contributed by atoms with Gasteiger partial charge >= 0.3 is 0 Å². The Morgan fingerprint density at radius 1 is 1.29 bits per heavy atom. The molecular weight excluding hydrogens is 351 g/mol. The molecule has 0 spiro atoms. The van der Waals surface area contributed by atoms with Crippen LogP contribution in [0.5, 0.6) is 0 Å². The summed E-state index contributed by atoms with van der Waals surface area (Å²) in [4.78, 5) is 5.35. The van der Waals surface area contributed by atoms with Crippen molar-refractivity contribution in [3.63, 3.8) is 0 Å². The lowest BCUT2D eigenvalue weighted by Gasteiger charge is -2.21. The number of hydrogen-bond acceptors (Lipinski definition) is 3. The zero-order chi connectivity index (χ0) is 15.5. The minimum absolute atomic E-state index is 0.0141. The summed E-state index contributed by atoms with van der Waals surface area (Å²) >= 11 is 5.03. The summed E-state index contributed by atoms with van der Waals surface area (Å²) in [6, 6.07) is 8.70. The topological polar surface area (TPSA) is 24.9 Å². The zero-order valence-electron chi connectivity index (χ0n) is 12.3. The van der Waals surface area contributed by atoms with Crippen molar-refractivity contribution < 1.29 is 4.39 Å². The third-order valence-electron chi connectivity index (χ3n) is 2.76. The number of halogens is 2. The first-order chi connectivity index (χ1) is 9.85. The second-order valence-electron chi connectivity index (χ2n) is 5.75. The minimum atomic E-state index is -0.217. The average Bonchev–Trinajstić information content (AvgIpc) is 2.40. The highest BCUT2D eigenvalue weighted by molar-refractivity contribution is 9.10. The maximum atomic E-state index is 13.5. The second-order valence-corrected chi connectivity index (χ2v) is 7.63. The predicted molar refractivity (Wildman–Crippen MR) is 89.1 cm³/mol. The van der Waals surface area contributed by atoms with Crippen LogP contribution in [0.4, 0.5) is 4.39 Å². The molecule has 0 bridgehead atoms. The molecule has 5 heteroatoms. The molecule has 2 aromatic rings. The number of benzene rings is 1. The molecule has 2 nitrogen and oxygen atoms in total. The Bertz CT molecular complexity index is 626. The molecule has 21 heavy (non-hydrogen) atoms. The van der Waals surface area contributed by atoms with Crippen LogP contribution in [0.3, 0.4) is 0 Å². The second kappa shape index (κ2) is 6.90. The first-order valence-corrected chi connectivity index (χ1v) is 8.28. The van der Waals surface area contributed by atoms with Gasteiger partial charge < -0.3 is 5.32 Å². The molecule has 112 valence electrons. The maximum Gasteiger partial charge on any atom is 0.123 e. The highest BCUT2D eigenvalue weighted by Crippen LogP contribution is 2.34. The van der Waals surface area contributed by atoms with E-state index in [9.17, 15) is 4.39 Å². The van der Waals surface area contributed by atoms with Crippen LogP contribution in [0.25, 0.3) is 0 Å². The van der Waals surface area contributed by atoms with Gasteiger partial charge in [-0.15, -0.1) is 0 Å². The summed E-state index contributed by atoms with van der Waals surface area (Å²) in [5.74, 6) is -0.217. The fraction of sp³-hybridized carbons (Fsp3) is 0.312. The van der Waals surface area contributed by atoms with E-state index in [4.69, 9.17) is 0 Å². The normalized spacial score (nSPS) is 11.7. The summed E-state index contributed by atoms with van der Waals surface area (Å²) < 4.78 is 14.5. The molecule has 0 aliphatic carbocycles. The molecule has 0 amide bonds. The molecule has 0 radical (unpaired) electrons. The van der Waals surface area contributed by atoms with Crippen molar-refractivity contribution in [2.45, 2.75) is 42.8 Å². The Labute approximate surface area is 137 Å². The van der Waals surface area contributed by atoms with E-state index in [-0.39, 0.29) is 11.4 Å². The van der Waals surface area contributed by atoms with Crippen LogP contribution >= 0.6 is 27.7 Å². The van der Waals surface area contributed by atoms with Gasteiger partial charge in [-0.3, -0.25) is 0 Å². The van der Waals surface area contributed by atoms with Crippen molar-refractivity contribution in [3.8, 4) is 0 Å². The Balaban J connectivity index is 2.25. The molecule has 0 atom stereocenters. The lowest BCUT2D eigenvalue weighted by molar-refractivity contribution is 0.422. The van der Waals surface area contributed by atoms with Gasteiger partial charge in [-0.2, -0.15) is 0 Å². The Morgan fingerprint density at radius 2 is 2.05 bits per heavy atom. The molecule has 0 unspecified atom stereocenters. The molecule has 0 saturated heterocycles. The predicted octanol–water partition coefficient (Wildman–Crippen LogP) is 5.02. The van der Waals surface area contributed by atoms with Gasteiger partial charge in [0.2, 0.25) is 0 Å². The van der Waals surface area contributed by atoms with Gasteiger partial charge in [0.25, 0.3) is 0 Å². The molecule has 1 aromatic heterocycles. The van der Waals surface area contributed by atoms with Gasteiger partial charge in [-0.1, -0.05) is 11.8 Å². The monoisotopic (exact) mass is 368 g/mol. The highest BCUT2D eigenvalue weighted by Gasteiger charge is 2.13. The fourth-order valence-electron chi connectivity index (χ4n) is 1.70. The van der Waals surface area contributed by atoms with Crippen molar-refractivity contribution in [1.82, 2.24) is 10.3 Å². The van der Waals surface area contributed by atoms with Crippen LogP contribution < -0.4 is 5.32 Å². The summed E-state index contributed by atoms with van der Waals surface area (Å²) in [7, 11) is 0. The molecule has 1 heterocycles. The summed E-state index contributed by atoms with van der Waals surface area (Å²) in [6.45, 7) is 6.89. The number of aromatic nitrogens is 1. The van der Waals surface area contributed by atoms with Crippen LogP contribution in [0.2, 0.25) is 0 Å². The molecule has 1 aromatic carbocycles. The van der Waals surface area contributed by atoms with Gasteiger partial charge in [-0.25, -0.2) is 9.37 Å². The maximum absolute atomic E-state index is 13.5. The van der Waals surface area contributed by atoms with Crippen LogP contribution in [0.1, 0.15) is 26.3 Å². The van der Waals surface area contributed by atoms with Crippen LogP contribution in [-0.2, 0) is 6.54 Å². The summed E-state index contributed by atoms with van der Waals surface area (Å²) in [6.07, 6.45) is 1.75. The van der Waals surface area contributed by atoms with Gasteiger partial charge in [0.1, 0.15) is 10.8 Å². The number of rotatable bonds is 4. The number of nitrogens with zero attached hydrogens (tertiary/aromatic N) is 1. The minimum Gasteiger partial charge on any atom is -0.308 e. The Kier molecular flexibility index (Phi) is 5.41. The van der Waals surface area contributed by atoms with Crippen molar-refractivity contribution in [2.75, 3.05) is 0 Å². The highest BCUT2D eigenvalue weighted by atomic mass is 79.9. The van der Waals surface area contributed by atoms with E-state index in [1.54, 1.807) is 18.3 Å². The molecule has 1 N–H and O–H groups in total. The van der Waals surface area contributed by atoms with Gasteiger partial charge in [0, 0.05) is 23.2 Å². The third kappa shape index (κ3) is 5.09.